The Morgan fingerprint density at radius 1 is 1.37 bits per heavy atom. The number of aliphatic carboxylic acids is 1. The highest BCUT2D eigenvalue weighted by molar-refractivity contribution is 5.94. The molecule has 1 N–H and O–H groups in total. The Bertz CT molecular complexity index is 578. The Balaban J connectivity index is 2.25. The van der Waals surface area contributed by atoms with Crippen molar-refractivity contribution in [2.24, 2.45) is 18.9 Å². The summed E-state index contributed by atoms with van der Waals surface area (Å²) < 4.78 is 1.33. The first-order chi connectivity index (χ1) is 8.91. The summed E-state index contributed by atoms with van der Waals surface area (Å²) in [6.07, 6.45) is 1.58. The molecular formula is C13H16N2O4. The third-order valence-corrected chi connectivity index (χ3v) is 3.57. The molecule has 0 radical (unpaired) electrons. The molecule has 1 saturated heterocycles. The van der Waals surface area contributed by atoms with Crippen LogP contribution in [0.5, 0.6) is 0 Å². The maximum absolute atomic E-state index is 12.3. The number of hydrogen-bond acceptors (Lipinski definition) is 3. The first-order valence-electron chi connectivity index (χ1n) is 6.09. The Kier molecular flexibility index (Phi) is 3.42. The Labute approximate surface area is 110 Å². The van der Waals surface area contributed by atoms with Crippen molar-refractivity contribution in [3.05, 3.63) is 34.2 Å². The first-order valence-corrected chi connectivity index (χ1v) is 6.09. The van der Waals surface area contributed by atoms with Crippen molar-refractivity contribution in [1.29, 1.82) is 0 Å². The van der Waals surface area contributed by atoms with Crippen LogP contribution in [0.15, 0.2) is 23.1 Å². The molecule has 6 heteroatoms. The van der Waals surface area contributed by atoms with Gasteiger partial charge in [0.2, 0.25) is 0 Å². The molecular weight excluding hydrogens is 248 g/mol. The summed E-state index contributed by atoms with van der Waals surface area (Å²) in [7, 11) is 1.58. The molecule has 0 aliphatic carbocycles. The van der Waals surface area contributed by atoms with Crippen LogP contribution in [0.3, 0.4) is 0 Å². The van der Waals surface area contributed by atoms with Crippen LogP contribution in [0.2, 0.25) is 0 Å². The van der Waals surface area contributed by atoms with Crippen molar-refractivity contribution in [1.82, 2.24) is 9.47 Å². The molecule has 19 heavy (non-hydrogen) atoms. The molecule has 1 aromatic heterocycles. The van der Waals surface area contributed by atoms with Gasteiger partial charge in [-0.2, -0.15) is 0 Å². The minimum Gasteiger partial charge on any atom is -0.481 e. The van der Waals surface area contributed by atoms with Gasteiger partial charge in [-0.1, -0.05) is 6.92 Å². The lowest BCUT2D eigenvalue weighted by atomic mass is 9.99. The average molecular weight is 264 g/mol. The summed E-state index contributed by atoms with van der Waals surface area (Å²) in [6, 6.07) is 3.10. The highest BCUT2D eigenvalue weighted by Crippen LogP contribution is 2.24. The lowest BCUT2D eigenvalue weighted by molar-refractivity contribution is -0.142. The average Bonchev–Trinajstić information content (AvgIpc) is 2.74. The van der Waals surface area contributed by atoms with Gasteiger partial charge in [-0.05, 0) is 18.1 Å². The molecule has 0 unspecified atom stereocenters. The third kappa shape index (κ3) is 2.38. The summed E-state index contributed by atoms with van der Waals surface area (Å²) >= 11 is 0. The van der Waals surface area contributed by atoms with Crippen LogP contribution in [0.4, 0.5) is 0 Å². The van der Waals surface area contributed by atoms with E-state index in [2.05, 4.69) is 0 Å². The smallest absolute Gasteiger partial charge is 0.308 e. The Morgan fingerprint density at radius 2 is 2.05 bits per heavy atom. The van der Waals surface area contributed by atoms with Gasteiger partial charge >= 0.3 is 5.97 Å². The summed E-state index contributed by atoms with van der Waals surface area (Å²) in [5, 5.41) is 9.05. The number of hydrogen-bond donors (Lipinski definition) is 1. The van der Waals surface area contributed by atoms with E-state index in [1.54, 1.807) is 26.2 Å². The number of amides is 1. The van der Waals surface area contributed by atoms with Gasteiger partial charge in [0.05, 0.1) is 5.92 Å². The number of carboxylic acids is 1. The maximum Gasteiger partial charge on any atom is 0.308 e. The van der Waals surface area contributed by atoms with Gasteiger partial charge in [0.1, 0.15) is 5.56 Å². The predicted molar refractivity (Wildman–Crippen MR) is 67.9 cm³/mol. The molecule has 2 rings (SSSR count). The van der Waals surface area contributed by atoms with E-state index in [4.69, 9.17) is 5.11 Å². The zero-order valence-electron chi connectivity index (χ0n) is 10.9. The minimum absolute atomic E-state index is 0.0863. The molecule has 102 valence electrons. The normalized spacial score (nSPS) is 22.5. The molecule has 2 atom stereocenters. The molecule has 0 bridgehead atoms. The topological polar surface area (TPSA) is 79.6 Å². The van der Waals surface area contributed by atoms with Crippen LogP contribution < -0.4 is 5.56 Å². The molecule has 0 spiro atoms. The van der Waals surface area contributed by atoms with Crippen molar-refractivity contribution in [2.45, 2.75) is 6.92 Å². The molecule has 1 aliphatic heterocycles. The molecule has 0 aromatic carbocycles. The number of nitrogens with zero attached hydrogens (tertiary/aromatic N) is 2. The number of rotatable bonds is 2. The van der Waals surface area contributed by atoms with Crippen LogP contribution in [0.1, 0.15) is 17.3 Å². The predicted octanol–water partition coefficient (Wildman–Crippen LogP) is 0.178. The summed E-state index contributed by atoms with van der Waals surface area (Å²) in [4.78, 5) is 36.6. The van der Waals surface area contributed by atoms with Crippen molar-refractivity contribution in [3.8, 4) is 0 Å². The van der Waals surface area contributed by atoms with Crippen molar-refractivity contribution >= 4 is 11.9 Å². The number of likely N-dealkylation sites (tertiary alicyclic amines) is 1. The van der Waals surface area contributed by atoms with Gasteiger partial charge in [0.15, 0.2) is 0 Å². The molecule has 1 aliphatic rings. The zero-order chi connectivity index (χ0) is 14.2. The third-order valence-electron chi connectivity index (χ3n) is 3.57. The highest BCUT2D eigenvalue weighted by Gasteiger charge is 2.37. The summed E-state index contributed by atoms with van der Waals surface area (Å²) in [5.74, 6) is -1.95. The second-order valence-electron chi connectivity index (χ2n) is 4.97. The number of carboxylic acid groups (broad SMARTS) is 1. The molecule has 0 saturated carbocycles. The second-order valence-corrected chi connectivity index (χ2v) is 4.97. The van der Waals surface area contributed by atoms with Gasteiger partial charge < -0.3 is 14.6 Å². The van der Waals surface area contributed by atoms with E-state index in [1.165, 1.54) is 15.5 Å². The number of aromatic nitrogens is 1. The van der Waals surface area contributed by atoms with E-state index in [0.29, 0.717) is 6.54 Å². The Morgan fingerprint density at radius 3 is 2.63 bits per heavy atom. The van der Waals surface area contributed by atoms with Crippen molar-refractivity contribution < 1.29 is 14.7 Å². The van der Waals surface area contributed by atoms with E-state index in [1.807, 2.05) is 0 Å². The number of carbonyl (C=O) groups is 2. The number of pyridine rings is 1. The van der Waals surface area contributed by atoms with Gasteiger partial charge in [-0.15, -0.1) is 0 Å². The second kappa shape index (κ2) is 4.87. The van der Waals surface area contributed by atoms with Crippen LogP contribution >= 0.6 is 0 Å². The van der Waals surface area contributed by atoms with Gasteiger partial charge in [-0.25, -0.2) is 0 Å². The van der Waals surface area contributed by atoms with E-state index in [0.717, 1.165) is 0 Å². The number of aryl methyl sites for hydroxylation is 1. The van der Waals surface area contributed by atoms with E-state index in [9.17, 15) is 14.4 Å². The van der Waals surface area contributed by atoms with Crippen LogP contribution in [-0.2, 0) is 11.8 Å². The van der Waals surface area contributed by atoms with Gasteiger partial charge in [0.25, 0.3) is 11.5 Å². The number of carbonyl (C=O) groups excluding carboxylic acids is 1. The first kappa shape index (κ1) is 13.3. The lowest BCUT2D eigenvalue weighted by Crippen LogP contribution is -2.35. The monoisotopic (exact) mass is 264 g/mol. The quantitative estimate of drug-likeness (QED) is 0.826. The Hall–Kier alpha value is -2.11. The van der Waals surface area contributed by atoms with E-state index >= 15 is 0 Å². The lowest BCUT2D eigenvalue weighted by Gasteiger charge is -2.15. The standard InChI is InChI=1S/C13H16N2O4/c1-8-6-15(7-10(8)13(18)19)12(17)9-4-3-5-14(2)11(9)16/h3-5,8,10H,6-7H2,1-2H3,(H,18,19)/t8-,10-/m1/s1. The largest absolute Gasteiger partial charge is 0.481 e. The van der Waals surface area contributed by atoms with Gasteiger partial charge in [0, 0.05) is 26.3 Å². The van der Waals surface area contributed by atoms with Crippen LogP contribution in [-0.4, -0.2) is 39.5 Å². The summed E-state index contributed by atoms with van der Waals surface area (Å²) in [5.41, 5.74) is -0.276. The molecule has 1 amide bonds. The van der Waals surface area contributed by atoms with Crippen LogP contribution in [0.25, 0.3) is 0 Å². The molecule has 2 heterocycles. The van der Waals surface area contributed by atoms with Crippen molar-refractivity contribution in [2.75, 3.05) is 13.1 Å². The summed E-state index contributed by atoms with van der Waals surface area (Å²) in [6.45, 7) is 2.33. The van der Waals surface area contributed by atoms with E-state index < -0.39 is 17.8 Å². The highest BCUT2D eigenvalue weighted by atomic mass is 16.4. The molecule has 1 fully saturated rings. The van der Waals surface area contributed by atoms with E-state index in [-0.39, 0.29) is 23.6 Å². The fourth-order valence-corrected chi connectivity index (χ4v) is 2.38. The zero-order valence-corrected chi connectivity index (χ0v) is 10.9. The van der Waals surface area contributed by atoms with Crippen LogP contribution in [0, 0.1) is 11.8 Å². The van der Waals surface area contributed by atoms with Gasteiger partial charge in [-0.3, -0.25) is 14.4 Å². The maximum atomic E-state index is 12.3. The minimum atomic E-state index is -0.899. The SMILES string of the molecule is C[C@@H]1CN(C(=O)c2cccn(C)c2=O)C[C@H]1C(=O)O. The molecule has 1 aromatic rings. The molecule has 6 nitrogen and oxygen atoms in total. The fraction of sp³-hybridized carbons (Fsp3) is 0.462. The fourth-order valence-electron chi connectivity index (χ4n) is 2.38. The van der Waals surface area contributed by atoms with Crippen molar-refractivity contribution in [3.63, 3.8) is 0 Å².